The van der Waals surface area contributed by atoms with E-state index in [0.29, 0.717) is 30.1 Å². The number of carbonyl (C=O) groups is 4. The van der Waals surface area contributed by atoms with Crippen LogP contribution in [0.4, 0.5) is 0 Å². The van der Waals surface area contributed by atoms with Gasteiger partial charge >= 0.3 is 0 Å². The van der Waals surface area contributed by atoms with Crippen LogP contribution in [0.5, 0.6) is 0 Å². The number of piperazine rings is 1. The molecule has 1 aliphatic carbocycles. The third-order valence-corrected chi connectivity index (χ3v) is 10.00. The van der Waals surface area contributed by atoms with Crippen LogP contribution in [0.1, 0.15) is 86.8 Å². The second-order valence-electron chi connectivity index (χ2n) is 13.8. The van der Waals surface area contributed by atoms with E-state index in [4.69, 9.17) is 11.6 Å². The van der Waals surface area contributed by atoms with E-state index >= 15 is 0 Å². The SMILES string of the molecule is CC1CN(Cc2ccc3c(c2)CN(C2CCC(=O)NC2=O)C3=O)CC(C)N1C(=O)C1=C(c2ccc(Cl)cc2)CC(C)(C)CC1. The van der Waals surface area contributed by atoms with Crippen LogP contribution in [-0.4, -0.2) is 69.5 Å². The maximum Gasteiger partial charge on any atom is 0.255 e. The van der Waals surface area contributed by atoms with Gasteiger partial charge in [-0.3, -0.25) is 29.4 Å². The summed E-state index contributed by atoms with van der Waals surface area (Å²) in [5, 5.41) is 3.05. The van der Waals surface area contributed by atoms with Crippen LogP contribution in [0.15, 0.2) is 48.0 Å². The molecule has 2 aromatic rings. The number of benzene rings is 2. The van der Waals surface area contributed by atoms with Crippen molar-refractivity contribution in [2.75, 3.05) is 13.1 Å². The van der Waals surface area contributed by atoms with Crippen LogP contribution in [0.2, 0.25) is 5.02 Å². The highest BCUT2D eigenvalue weighted by atomic mass is 35.5. The molecule has 0 bridgehead atoms. The molecule has 2 aromatic carbocycles. The Hall–Kier alpha value is -3.49. The Morgan fingerprint density at radius 2 is 1.70 bits per heavy atom. The summed E-state index contributed by atoms with van der Waals surface area (Å²) in [6.45, 7) is 11.4. The monoisotopic (exact) mass is 616 g/mol. The Morgan fingerprint density at radius 1 is 1.00 bits per heavy atom. The van der Waals surface area contributed by atoms with Crippen LogP contribution in [0.25, 0.3) is 5.57 Å². The summed E-state index contributed by atoms with van der Waals surface area (Å²) in [7, 11) is 0. The van der Waals surface area contributed by atoms with Crippen LogP contribution in [0, 0.1) is 5.41 Å². The van der Waals surface area contributed by atoms with Crippen LogP contribution in [-0.2, 0) is 27.5 Å². The molecule has 232 valence electrons. The summed E-state index contributed by atoms with van der Waals surface area (Å²) in [6, 6.07) is 13.3. The third-order valence-electron chi connectivity index (χ3n) is 9.75. The molecule has 3 heterocycles. The molecular weight excluding hydrogens is 576 g/mol. The summed E-state index contributed by atoms with van der Waals surface area (Å²) in [5.74, 6) is -0.696. The molecule has 4 aliphatic rings. The molecule has 2 saturated heterocycles. The van der Waals surface area contributed by atoms with Crippen molar-refractivity contribution in [2.24, 2.45) is 5.41 Å². The number of nitrogens with zero attached hydrogens (tertiary/aromatic N) is 3. The number of hydrogen-bond acceptors (Lipinski definition) is 5. The van der Waals surface area contributed by atoms with Gasteiger partial charge in [-0.05, 0) is 85.4 Å². The number of fused-ring (bicyclic) bond motifs is 1. The highest BCUT2D eigenvalue weighted by Gasteiger charge is 2.40. The van der Waals surface area contributed by atoms with Gasteiger partial charge in [0.15, 0.2) is 0 Å². The Kier molecular flexibility index (Phi) is 8.18. The second-order valence-corrected chi connectivity index (χ2v) is 14.2. The normalized spacial score (nSPS) is 25.8. The number of rotatable bonds is 5. The fraction of sp³-hybridized carbons (Fsp3) is 0.486. The lowest BCUT2D eigenvalue weighted by atomic mass is 9.72. The Morgan fingerprint density at radius 3 is 2.39 bits per heavy atom. The van der Waals surface area contributed by atoms with E-state index in [2.05, 4.69) is 48.9 Å². The second kappa shape index (κ2) is 11.8. The van der Waals surface area contributed by atoms with Gasteiger partial charge in [0.2, 0.25) is 11.8 Å². The van der Waals surface area contributed by atoms with Crippen LogP contribution in [0.3, 0.4) is 0 Å². The van der Waals surface area contributed by atoms with Gasteiger partial charge in [-0.2, -0.15) is 0 Å². The number of imide groups is 1. The minimum atomic E-state index is -0.617. The minimum absolute atomic E-state index is 0.0409. The smallest absolute Gasteiger partial charge is 0.255 e. The molecule has 3 atom stereocenters. The lowest BCUT2D eigenvalue weighted by molar-refractivity contribution is -0.137. The standard InChI is InChI=1S/C35H41ClN4O4/c1-21-17-38(19-23-5-10-27-25(15-23)20-39(33(27)43)30-11-12-31(41)37-32(30)42)18-22(2)40(21)34(44)28-13-14-35(3,4)16-29(28)24-6-8-26(36)9-7-24/h5-10,15,21-22,30H,11-14,16-20H2,1-4H3,(H,37,41,42). The van der Waals surface area contributed by atoms with E-state index in [1.165, 1.54) is 0 Å². The molecule has 9 heteroatoms. The average molecular weight is 617 g/mol. The van der Waals surface area contributed by atoms with Crippen molar-refractivity contribution >= 4 is 40.8 Å². The zero-order valence-corrected chi connectivity index (χ0v) is 26.7. The highest BCUT2D eigenvalue weighted by Crippen LogP contribution is 2.44. The molecule has 0 saturated carbocycles. The largest absolute Gasteiger partial charge is 0.331 e. The van der Waals surface area contributed by atoms with E-state index in [1.54, 1.807) is 4.90 Å². The fourth-order valence-electron chi connectivity index (χ4n) is 7.55. The first kappa shape index (κ1) is 30.5. The first-order valence-corrected chi connectivity index (χ1v) is 16.1. The third kappa shape index (κ3) is 5.94. The van der Waals surface area contributed by atoms with Gasteiger partial charge in [0.25, 0.3) is 11.8 Å². The van der Waals surface area contributed by atoms with Crippen molar-refractivity contribution in [3.63, 3.8) is 0 Å². The number of nitrogens with one attached hydrogen (secondary N) is 1. The van der Waals surface area contributed by atoms with Crippen molar-refractivity contribution < 1.29 is 19.2 Å². The van der Waals surface area contributed by atoms with Crippen LogP contribution >= 0.6 is 11.6 Å². The highest BCUT2D eigenvalue weighted by molar-refractivity contribution is 6.30. The number of piperidine rings is 1. The number of allylic oxidation sites excluding steroid dienone is 1. The molecule has 1 N–H and O–H groups in total. The Bertz CT molecular complexity index is 1540. The number of amides is 4. The lowest BCUT2D eigenvalue weighted by Crippen LogP contribution is -2.58. The molecule has 2 fully saturated rings. The Labute approximate surface area is 264 Å². The summed E-state index contributed by atoms with van der Waals surface area (Å²) in [6.07, 6.45) is 3.21. The van der Waals surface area contributed by atoms with Crippen molar-refractivity contribution in [3.8, 4) is 0 Å². The van der Waals surface area contributed by atoms with Crippen molar-refractivity contribution in [1.29, 1.82) is 0 Å². The molecule has 44 heavy (non-hydrogen) atoms. The molecule has 4 amide bonds. The quantitative estimate of drug-likeness (QED) is 0.467. The molecular formula is C35H41ClN4O4. The van der Waals surface area contributed by atoms with E-state index in [1.807, 2.05) is 36.4 Å². The van der Waals surface area contributed by atoms with Gasteiger partial charge in [0.05, 0.1) is 0 Å². The van der Waals surface area contributed by atoms with Crippen molar-refractivity contribution in [1.82, 2.24) is 20.0 Å². The van der Waals surface area contributed by atoms with Crippen LogP contribution < -0.4 is 5.32 Å². The molecule has 0 radical (unpaired) electrons. The van der Waals surface area contributed by atoms with Gasteiger partial charge in [0, 0.05) is 60.8 Å². The molecule has 0 spiro atoms. The minimum Gasteiger partial charge on any atom is -0.331 e. The number of carbonyl (C=O) groups excluding carboxylic acids is 4. The first-order valence-electron chi connectivity index (χ1n) is 15.7. The van der Waals surface area contributed by atoms with E-state index in [0.717, 1.165) is 60.2 Å². The van der Waals surface area contributed by atoms with Gasteiger partial charge in [-0.25, -0.2) is 0 Å². The predicted octanol–water partition coefficient (Wildman–Crippen LogP) is 5.19. The average Bonchev–Trinajstić information content (AvgIpc) is 3.27. The summed E-state index contributed by atoms with van der Waals surface area (Å²) < 4.78 is 0. The number of halogens is 1. The van der Waals surface area contributed by atoms with Crippen molar-refractivity contribution in [3.05, 3.63) is 75.3 Å². The summed E-state index contributed by atoms with van der Waals surface area (Å²) in [5.41, 5.74) is 5.92. The molecule has 8 nitrogen and oxygen atoms in total. The number of hydrogen-bond donors (Lipinski definition) is 1. The maximum absolute atomic E-state index is 14.2. The molecule has 3 aliphatic heterocycles. The summed E-state index contributed by atoms with van der Waals surface area (Å²) >= 11 is 6.18. The Balaban J connectivity index is 1.15. The summed E-state index contributed by atoms with van der Waals surface area (Å²) in [4.78, 5) is 57.4. The van der Waals surface area contributed by atoms with Gasteiger partial charge in [0.1, 0.15) is 6.04 Å². The molecule has 3 unspecified atom stereocenters. The zero-order valence-electron chi connectivity index (χ0n) is 26.0. The molecule has 0 aromatic heterocycles. The molecule has 6 rings (SSSR count). The van der Waals surface area contributed by atoms with Gasteiger partial charge < -0.3 is 9.80 Å². The van der Waals surface area contributed by atoms with E-state index in [-0.39, 0.29) is 41.6 Å². The van der Waals surface area contributed by atoms with E-state index in [9.17, 15) is 19.2 Å². The zero-order chi connectivity index (χ0) is 31.3. The van der Waals surface area contributed by atoms with E-state index < -0.39 is 11.9 Å². The maximum atomic E-state index is 14.2. The lowest BCUT2D eigenvalue weighted by Gasteiger charge is -2.46. The van der Waals surface area contributed by atoms with Gasteiger partial charge in [-0.1, -0.05) is 49.7 Å². The van der Waals surface area contributed by atoms with Gasteiger partial charge in [-0.15, -0.1) is 0 Å². The first-order chi connectivity index (χ1) is 20.9. The fourth-order valence-corrected chi connectivity index (χ4v) is 7.68. The topological polar surface area (TPSA) is 90.0 Å². The van der Waals surface area contributed by atoms with Crippen molar-refractivity contribution in [2.45, 2.75) is 91.0 Å². The predicted molar refractivity (Wildman–Crippen MR) is 170 cm³/mol.